The summed E-state index contributed by atoms with van der Waals surface area (Å²) in [6, 6.07) is 9.93. The number of pyridine rings is 1. The normalized spacial score (nSPS) is 10.5. The number of anilines is 2. The molecular weight excluding hydrogens is 266 g/mol. The quantitative estimate of drug-likeness (QED) is 0.635. The highest BCUT2D eigenvalue weighted by Crippen LogP contribution is 2.22. The number of nitrogens with zero attached hydrogens (tertiary/aromatic N) is 4. The lowest BCUT2D eigenvalue weighted by Gasteiger charge is -2.08. The number of nitrogens with one attached hydrogen (secondary N) is 2. The first kappa shape index (κ1) is 12.9. The number of benzene rings is 1. The van der Waals surface area contributed by atoms with Crippen molar-refractivity contribution in [1.29, 1.82) is 5.53 Å². The van der Waals surface area contributed by atoms with Crippen LogP contribution in [0.1, 0.15) is 5.56 Å². The second kappa shape index (κ2) is 5.49. The molecule has 0 aliphatic carbocycles. The van der Waals surface area contributed by atoms with Gasteiger partial charge in [-0.3, -0.25) is 4.98 Å². The Morgan fingerprint density at radius 1 is 1.24 bits per heavy atom. The highest BCUT2D eigenvalue weighted by molar-refractivity contribution is 5.79. The molecule has 0 spiro atoms. The maximum Gasteiger partial charge on any atom is 0.222 e. The molecule has 0 aliphatic heterocycles. The Labute approximate surface area is 120 Å². The maximum atomic E-state index is 7.10. The number of nitrogen functional groups attached to an aromatic ring is 1. The van der Waals surface area contributed by atoms with Crippen LogP contribution < -0.4 is 11.1 Å². The van der Waals surface area contributed by atoms with Crippen LogP contribution in [0.15, 0.2) is 47.8 Å². The Bertz CT molecular complexity index is 800. The predicted octanol–water partition coefficient (Wildman–Crippen LogP) is 2.88. The lowest BCUT2D eigenvalue weighted by Crippen LogP contribution is -2.04. The molecule has 0 saturated heterocycles. The van der Waals surface area contributed by atoms with Gasteiger partial charge in [0.2, 0.25) is 5.95 Å². The number of hydrogen-bond donors (Lipinski definition) is 3. The zero-order valence-corrected chi connectivity index (χ0v) is 11.1. The molecule has 0 aliphatic rings. The van der Waals surface area contributed by atoms with Gasteiger partial charge in [0.05, 0.1) is 11.7 Å². The van der Waals surface area contributed by atoms with Gasteiger partial charge in [0.25, 0.3) is 0 Å². The fourth-order valence-electron chi connectivity index (χ4n) is 2.02. The highest BCUT2D eigenvalue weighted by atomic mass is 15.1. The third kappa shape index (κ3) is 2.76. The molecule has 2 aromatic heterocycles. The van der Waals surface area contributed by atoms with E-state index in [2.05, 4.69) is 31.4 Å². The molecule has 3 aromatic rings. The average molecular weight is 279 g/mol. The molecule has 1 aromatic carbocycles. The monoisotopic (exact) mass is 279 g/mol. The van der Waals surface area contributed by atoms with Gasteiger partial charge in [0.1, 0.15) is 5.69 Å². The van der Waals surface area contributed by atoms with E-state index in [-0.39, 0.29) is 5.95 Å². The molecule has 0 radical (unpaired) electrons. The van der Waals surface area contributed by atoms with Gasteiger partial charge in [-0.05, 0) is 23.8 Å². The number of aromatic nitrogens is 3. The van der Waals surface area contributed by atoms with E-state index in [0.717, 1.165) is 16.5 Å². The van der Waals surface area contributed by atoms with Crippen molar-refractivity contribution in [3.63, 3.8) is 0 Å². The fraction of sp³-hybridized carbons (Fsp3) is 0.0714. The van der Waals surface area contributed by atoms with E-state index in [1.165, 1.54) is 6.20 Å². The Kier molecular flexibility index (Phi) is 3.38. The van der Waals surface area contributed by atoms with Gasteiger partial charge >= 0.3 is 0 Å². The largest absolute Gasteiger partial charge is 0.368 e. The summed E-state index contributed by atoms with van der Waals surface area (Å²) < 4.78 is 0. The summed E-state index contributed by atoms with van der Waals surface area (Å²) in [6.45, 7) is 0.545. The van der Waals surface area contributed by atoms with Gasteiger partial charge in [-0.2, -0.15) is 10.1 Å². The minimum Gasteiger partial charge on any atom is -0.368 e. The van der Waals surface area contributed by atoms with E-state index >= 15 is 0 Å². The minimum atomic E-state index is 0.146. The summed E-state index contributed by atoms with van der Waals surface area (Å²) in [5, 5.41) is 7.57. The molecule has 7 heteroatoms. The van der Waals surface area contributed by atoms with Crippen molar-refractivity contribution in [3.8, 4) is 0 Å². The molecule has 7 nitrogen and oxygen atoms in total. The van der Waals surface area contributed by atoms with Crippen molar-refractivity contribution in [2.45, 2.75) is 6.54 Å². The zero-order chi connectivity index (χ0) is 14.7. The smallest absolute Gasteiger partial charge is 0.222 e. The van der Waals surface area contributed by atoms with Crippen molar-refractivity contribution in [2.75, 3.05) is 11.1 Å². The van der Waals surface area contributed by atoms with E-state index in [4.69, 9.17) is 11.3 Å². The summed E-state index contributed by atoms with van der Waals surface area (Å²) >= 11 is 0. The second-order valence-electron chi connectivity index (χ2n) is 4.46. The number of fused-ring (bicyclic) bond motifs is 1. The summed E-state index contributed by atoms with van der Waals surface area (Å²) in [7, 11) is 0. The third-order valence-corrected chi connectivity index (χ3v) is 3.04. The highest BCUT2D eigenvalue weighted by Gasteiger charge is 2.05. The fourth-order valence-corrected chi connectivity index (χ4v) is 2.02. The Hall–Kier alpha value is -3.09. The molecule has 0 saturated carbocycles. The average Bonchev–Trinajstić information content (AvgIpc) is 2.53. The SMILES string of the molecule is N=Nc1cnc(N)nc1NCc1ccc2ncccc2c1. The van der Waals surface area contributed by atoms with Crippen molar-refractivity contribution < 1.29 is 0 Å². The maximum absolute atomic E-state index is 7.10. The summed E-state index contributed by atoms with van der Waals surface area (Å²) in [6.07, 6.45) is 3.19. The van der Waals surface area contributed by atoms with Crippen LogP contribution in [0, 0.1) is 5.53 Å². The van der Waals surface area contributed by atoms with E-state index < -0.39 is 0 Å². The molecule has 0 bridgehead atoms. The Balaban J connectivity index is 1.83. The minimum absolute atomic E-state index is 0.146. The van der Waals surface area contributed by atoms with Gasteiger partial charge in [0.15, 0.2) is 5.82 Å². The Morgan fingerprint density at radius 2 is 2.14 bits per heavy atom. The number of hydrogen-bond acceptors (Lipinski definition) is 7. The molecule has 2 heterocycles. The van der Waals surface area contributed by atoms with Gasteiger partial charge in [0, 0.05) is 18.1 Å². The predicted molar refractivity (Wildman–Crippen MR) is 80.3 cm³/mol. The van der Waals surface area contributed by atoms with E-state index in [1.54, 1.807) is 6.20 Å². The second-order valence-corrected chi connectivity index (χ2v) is 4.46. The van der Waals surface area contributed by atoms with Crippen molar-refractivity contribution in [1.82, 2.24) is 15.0 Å². The third-order valence-electron chi connectivity index (χ3n) is 3.04. The van der Waals surface area contributed by atoms with Gasteiger partial charge < -0.3 is 11.1 Å². The van der Waals surface area contributed by atoms with Crippen LogP contribution in [0.2, 0.25) is 0 Å². The van der Waals surface area contributed by atoms with E-state index in [9.17, 15) is 0 Å². The van der Waals surface area contributed by atoms with E-state index in [1.807, 2.05) is 24.3 Å². The molecule has 0 unspecified atom stereocenters. The molecule has 4 N–H and O–H groups in total. The molecule has 0 amide bonds. The van der Waals surface area contributed by atoms with Crippen LogP contribution in [0.25, 0.3) is 10.9 Å². The lowest BCUT2D eigenvalue weighted by atomic mass is 10.1. The Morgan fingerprint density at radius 3 is 3.00 bits per heavy atom. The van der Waals surface area contributed by atoms with Crippen LogP contribution >= 0.6 is 0 Å². The molecule has 104 valence electrons. The summed E-state index contributed by atoms with van der Waals surface area (Å²) in [5.41, 5.74) is 15.0. The topological polar surface area (TPSA) is 113 Å². The van der Waals surface area contributed by atoms with Crippen LogP contribution in [0.5, 0.6) is 0 Å². The number of rotatable bonds is 4. The van der Waals surface area contributed by atoms with Gasteiger partial charge in [-0.15, -0.1) is 0 Å². The van der Waals surface area contributed by atoms with Gasteiger partial charge in [-0.1, -0.05) is 12.1 Å². The molecule has 3 rings (SSSR count). The summed E-state index contributed by atoms with van der Waals surface area (Å²) in [5.74, 6) is 0.594. The van der Waals surface area contributed by atoms with Crippen molar-refractivity contribution in [3.05, 3.63) is 48.3 Å². The van der Waals surface area contributed by atoms with Crippen LogP contribution in [0.4, 0.5) is 17.5 Å². The molecule has 0 atom stereocenters. The van der Waals surface area contributed by atoms with Crippen molar-refractivity contribution >= 4 is 28.4 Å². The molecule has 21 heavy (non-hydrogen) atoms. The zero-order valence-electron chi connectivity index (χ0n) is 11.1. The molecular formula is C14H13N7. The number of nitrogens with two attached hydrogens (primary N) is 1. The first-order chi connectivity index (χ1) is 10.3. The first-order valence-corrected chi connectivity index (χ1v) is 6.34. The van der Waals surface area contributed by atoms with Crippen molar-refractivity contribution in [2.24, 2.45) is 5.11 Å². The van der Waals surface area contributed by atoms with Crippen LogP contribution in [-0.4, -0.2) is 15.0 Å². The standard InChI is InChI=1S/C14H13N7/c15-14-19-8-12(21-16)13(20-14)18-7-9-3-4-11-10(6-9)2-1-5-17-11/h1-6,8,16H,7H2,(H3,15,18,19,20). The summed E-state index contributed by atoms with van der Waals surface area (Å²) in [4.78, 5) is 12.1. The van der Waals surface area contributed by atoms with Crippen LogP contribution in [-0.2, 0) is 6.54 Å². The van der Waals surface area contributed by atoms with Crippen LogP contribution in [0.3, 0.4) is 0 Å². The lowest BCUT2D eigenvalue weighted by molar-refractivity contribution is 1.05. The van der Waals surface area contributed by atoms with E-state index in [0.29, 0.717) is 18.1 Å². The molecule has 0 fully saturated rings. The van der Waals surface area contributed by atoms with Gasteiger partial charge in [-0.25, -0.2) is 10.5 Å². The first-order valence-electron chi connectivity index (χ1n) is 6.34.